The fourth-order valence-electron chi connectivity index (χ4n) is 3.40. The Labute approximate surface area is 107 Å². The van der Waals surface area contributed by atoms with Crippen molar-refractivity contribution in [3.63, 3.8) is 0 Å². The van der Waals surface area contributed by atoms with Crippen LogP contribution in [0.15, 0.2) is 0 Å². The number of nitrogens with zero attached hydrogens (tertiary/aromatic N) is 2. The number of nitrogens with two attached hydrogens (primary N) is 1. The fourth-order valence-corrected chi connectivity index (χ4v) is 3.40. The van der Waals surface area contributed by atoms with Gasteiger partial charge in [0, 0.05) is 31.7 Å². The SMILES string of the molecule is CCC(CC)C(CN)N1CC(C)C(N(C)C)C1. The summed E-state index contributed by atoms with van der Waals surface area (Å²) >= 11 is 0. The van der Waals surface area contributed by atoms with E-state index in [2.05, 4.69) is 44.7 Å². The van der Waals surface area contributed by atoms with Crippen LogP contribution in [-0.4, -0.2) is 55.6 Å². The minimum Gasteiger partial charge on any atom is -0.329 e. The van der Waals surface area contributed by atoms with Crippen molar-refractivity contribution in [2.75, 3.05) is 33.7 Å². The quantitative estimate of drug-likeness (QED) is 0.767. The molecule has 1 saturated heterocycles. The second-order valence-corrected chi connectivity index (χ2v) is 5.84. The number of likely N-dealkylation sites (tertiary alicyclic amines) is 1. The molecule has 1 heterocycles. The van der Waals surface area contributed by atoms with Gasteiger partial charge in [0.15, 0.2) is 0 Å². The largest absolute Gasteiger partial charge is 0.329 e. The van der Waals surface area contributed by atoms with Gasteiger partial charge < -0.3 is 10.6 Å². The van der Waals surface area contributed by atoms with Crippen molar-refractivity contribution in [1.29, 1.82) is 0 Å². The van der Waals surface area contributed by atoms with E-state index in [9.17, 15) is 0 Å². The average Bonchev–Trinajstić information content (AvgIpc) is 2.67. The standard InChI is InChI=1S/C14H31N3/c1-6-12(7-2)13(8-15)17-9-11(3)14(10-17)16(4)5/h11-14H,6-10,15H2,1-5H3. The molecule has 0 aromatic carbocycles. The van der Waals surface area contributed by atoms with Crippen molar-refractivity contribution in [3.8, 4) is 0 Å². The summed E-state index contributed by atoms with van der Waals surface area (Å²) in [5.41, 5.74) is 6.02. The lowest BCUT2D eigenvalue weighted by atomic mass is 9.93. The van der Waals surface area contributed by atoms with Crippen molar-refractivity contribution in [3.05, 3.63) is 0 Å². The van der Waals surface area contributed by atoms with E-state index in [1.807, 2.05) is 0 Å². The van der Waals surface area contributed by atoms with Gasteiger partial charge in [-0.2, -0.15) is 0 Å². The second kappa shape index (κ2) is 6.72. The Balaban J connectivity index is 2.66. The Morgan fingerprint density at radius 3 is 2.18 bits per heavy atom. The molecular weight excluding hydrogens is 210 g/mol. The fraction of sp³-hybridized carbons (Fsp3) is 1.00. The van der Waals surface area contributed by atoms with Crippen LogP contribution in [0.2, 0.25) is 0 Å². The van der Waals surface area contributed by atoms with Crippen LogP contribution in [0.4, 0.5) is 0 Å². The molecule has 0 aromatic heterocycles. The molecule has 0 aromatic rings. The number of hydrogen-bond donors (Lipinski definition) is 1. The van der Waals surface area contributed by atoms with Crippen LogP contribution in [0.25, 0.3) is 0 Å². The first-order valence-electron chi connectivity index (χ1n) is 7.15. The van der Waals surface area contributed by atoms with Gasteiger partial charge in [-0.1, -0.05) is 33.6 Å². The summed E-state index contributed by atoms with van der Waals surface area (Å²) in [6, 6.07) is 1.27. The number of rotatable bonds is 6. The summed E-state index contributed by atoms with van der Waals surface area (Å²) < 4.78 is 0. The number of likely N-dealkylation sites (N-methyl/N-ethyl adjacent to an activating group) is 1. The third-order valence-corrected chi connectivity index (χ3v) is 4.57. The molecule has 2 N–H and O–H groups in total. The molecule has 17 heavy (non-hydrogen) atoms. The minimum absolute atomic E-state index is 0.581. The van der Waals surface area contributed by atoms with Crippen LogP contribution < -0.4 is 5.73 Å². The Hall–Kier alpha value is -0.120. The molecule has 3 unspecified atom stereocenters. The Morgan fingerprint density at radius 2 is 1.82 bits per heavy atom. The van der Waals surface area contributed by atoms with Crippen LogP contribution in [0, 0.1) is 11.8 Å². The van der Waals surface area contributed by atoms with Crippen molar-refractivity contribution in [2.45, 2.75) is 45.7 Å². The molecule has 3 atom stereocenters. The maximum Gasteiger partial charge on any atom is 0.0254 e. The average molecular weight is 241 g/mol. The first kappa shape index (κ1) is 14.9. The van der Waals surface area contributed by atoms with Crippen molar-refractivity contribution in [1.82, 2.24) is 9.80 Å². The van der Waals surface area contributed by atoms with Gasteiger partial charge in [0.1, 0.15) is 0 Å². The van der Waals surface area contributed by atoms with Crippen LogP contribution in [-0.2, 0) is 0 Å². The lowest BCUT2D eigenvalue weighted by molar-refractivity contribution is 0.158. The van der Waals surface area contributed by atoms with Gasteiger partial charge >= 0.3 is 0 Å². The Kier molecular flexibility index (Phi) is 5.90. The van der Waals surface area contributed by atoms with Crippen LogP contribution in [0.3, 0.4) is 0 Å². The topological polar surface area (TPSA) is 32.5 Å². The highest BCUT2D eigenvalue weighted by Crippen LogP contribution is 2.26. The lowest BCUT2D eigenvalue weighted by Crippen LogP contribution is -2.45. The molecule has 3 nitrogen and oxygen atoms in total. The van der Waals surface area contributed by atoms with Gasteiger partial charge in [0.05, 0.1) is 0 Å². The van der Waals surface area contributed by atoms with Crippen molar-refractivity contribution >= 4 is 0 Å². The van der Waals surface area contributed by atoms with E-state index in [0.717, 1.165) is 18.4 Å². The van der Waals surface area contributed by atoms with E-state index < -0.39 is 0 Å². The molecule has 0 bridgehead atoms. The Bertz CT molecular complexity index is 214. The molecule has 1 fully saturated rings. The van der Waals surface area contributed by atoms with Crippen LogP contribution >= 0.6 is 0 Å². The third-order valence-electron chi connectivity index (χ3n) is 4.57. The molecule has 0 spiro atoms. The van der Waals surface area contributed by atoms with Crippen molar-refractivity contribution < 1.29 is 0 Å². The maximum atomic E-state index is 6.02. The van der Waals surface area contributed by atoms with E-state index in [1.54, 1.807) is 0 Å². The molecule has 1 rings (SSSR count). The van der Waals surface area contributed by atoms with Gasteiger partial charge in [-0.15, -0.1) is 0 Å². The summed E-state index contributed by atoms with van der Waals surface area (Å²) in [6.07, 6.45) is 2.49. The zero-order valence-corrected chi connectivity index (χ0v) is 12.3. The smallest absolute Gasteiger partial charge is 0.0254 e. The zero-order valence-electron chi connectivity index (χ0n) is 12.3. The maximum absolute atomic E-state index is 6.02. The molecule has 3 heteroatoms. The summed E-state index contributed by atoms with van der Waals surface area (Å²) in [5, 5.41) is 0. The van der Waals surface area contributed by atoms with Gasteiger partial charge in [-0.3, -0.25) is 4.90 Å². The second-order valence-electron chi connectivity index (χ2n) is 5.84. The zero-order chi connectivity index (χ0) is 13.0. The highest BCUT2D eigenvalue weighted by Gasteiger charge is 2.36. The molecule has 102 valence electrons. The summed E-state index contributed by atoms with van der Waals surface area (Å²) in [4.78, 5) is 5.00. The normalized spacial score (nSPS) is 28.2. The van der Waals surface area contributed by atoms with Crippen LogP contribution in [0.5, 0.6) is 0 Å². The lowest BCUT2D eigenvalue weighted by Gasteiger charge is -2.33. The first-order valence-corrected chi connectivity index (χ1v) is 7.15. The summed E-state index contributed by atoms with van der Waals surface area (Å²) in [5.74, 6) is 1.52. The predicted molar refractivity (Wildman–Crippen MR) is 75.1 cm³/mol. The summed E-state index contributed by atoms with van der Waals surface area (Å²) in [7, 11) is 4.39. The third kappa shape index (κ3) is 3.43. The number of hydrogen-bond acceptors (Lipinski definition) is 3. The highest BCUT2D eigenvalue weighted by molar-refractivity contribution is 4.92. The first-order chi connectivity index (χ1) is 8.04. The summed E-state index contributed by atoms with van der Waals surface area (Å²) in [6.45, 7) is 10.2. The van der Waals surface area contributed by atoms with Gasteiger partial charge in [-0.25, -0.2) is 0 Å². The predicted octanol–water partition coefficient (Wildman–Crippen LogP) is 1.63. The molecule has 0 amide bonds. The minimum atomic E-state index is 0.581. The molecule has 0 aliphatic carbocycles. The van der Waals surface area contributed by atoms with Gasteiger partial charge in [-0.05, 0) is 25.9 Å². The van der Waals surface area contributed by atoms with Crippen LogP contribution in [0.1, 0.15) is 33.6 Å². The van der Waals surface area contributed by atoms with E-state index in [1.165, 1.54) is 25.9 Å². The van der Waals surface area contributed by atoms with E-state index in [0.29, 0.717) is 12.1 Å². The van der Waals surface area contributed by atoms with E-state index in [-0.39, 0.29) is 0 Å². The molecule has 1 aliphatic rings. The molecule has 0 radical (unpaired) electrons. The van der Waals surface area contributed by atoms with E-state index in [4.69, 9.17) is 5.73 Å². The van der Waals surface area contributed by atoms with E-state index >= 15 is 0 Å². The van der Waals surface area contributed by atoms with Crippen molar-refractivity contribution in [2.24, 2.45) is 17.6 Å². The monoisotopic (exact) mass is 241 g/mol. The molecular formula is C14H31N3. The molecule has 0 saturated carbocycles. The Morgan fingerprint density at radius 1 is 1.24 bits per heavy atom. The van der Waals surface area contributed by atoms with Gasteiger partial charge in [0.25, 0.3) is 0 Å². The highest BCUT2D eigenvalue weighted by atomic mass is 15.3. The molecule has 1 aliphatic heterocycles. The van der Waals surface area contributed by atoms with Gasteiger partial charge in [0.2, 0.25) is 0 Å².